The molecular formula is C19H25N3O6. The molecule has 3 amide bonds. The second-order valence-electron chi connectivity index (χ2n) is 7.65. The molecule has 1 atom stereocenters. The van der Waals surface area contributed by atoms with E-state index in [0.29, 0.717) is 18.8 Å². The lowest BCUT2D eigenvalue weighted by atomic mass is 10.2. The Balaban J connectivity index is 1.66. The van der Waals surface area contributed by atoms with Gasteiger partial charge >= 0.3 is 12.2 Å². The summed E-state index contributed by atoms with van der Waals surface area (Å²) in [6.45, 7) is 6.55. The van der Waals surface area contributed by atoms with Crippen molar-refractivity contribution in [2.24, 2.45) is 0 Å². The predicted molar refractivity (Wildman–Crippen MR) is 101 cm³/mol. The highest BCUT2D eigenvalue weighted by atomic mass is 16.6. The molecule has 0 aromatic heterocycles. The quantitative estimate of drug-likeness (QED) is 0.785. The summed E-state index contributed by atoms with van der Waals surface area (Å²) < 4.78 is 15.8. The van der Waals surface area contributed by atoms with E-state index in [0.717, 1.165) is 5.69 Å². The maximum absolute atomic E-state index is 12.3. The monoisotopic (exact) mass is 391 g/mol. The van der Waals surface area contributed by atoms with Gasteiger partial charge in [0.1, 0.15) is 12.2 Å². The summed E-state index contributed by atoms with van der Waals surface area (Å²) >= 11 is 0. The van der Waals surface area contributed by atoms with Crippen LogP contribution in [0.5, 0.6) is 0 Å². The molecule has 2 aliphatic rings. The maximum Gasteiger partial charge on any atom is 0.416 e. The first-order chi connectivity index (χ1) is 13.2. The highest BCUT2D eigenvalue weighted by Gasteiger charge is 2.38. The number of rotatable bonds is 3. The summed E-state index contributed by atoms with van der Waals surface area (Å²) in [7, 11) is 1.53. The topological polar surface area (TPSA) is 88.6 Å². The van der Waals surface area contributed by atoms with Crippen molar-refractivity contribution in [1.29, 1.82) is 0 Å². The molecule has 2 saturated heterocycles. The summed E-state index contributed by atoms with van der Waals surface area (Å²) in [5.74, 6) is -0.0985. The first-order valence-corrected chi connectivity index (χ1v) is 9.08. The normalized spacial score (nSPS) is 20.2. The van der Waals surface area contributed by atoms with Crippen molar-refractivity contribution >= 4 is 29.5 Å². The number of cyclic esters (lactones) is 1. The van der Waals surface area contributed by atoms with Crippen LogP contribution in [0.4, 0.5) is 21.0 Å². The van der Waals surface area contributed by atoms with Crippen LogP contribution in [0.25, 0.3) is 0 Å². The van der Waals surface area contributed by atoms with Crippen molar-refractivity contribution < 1.29 is 28.6 Å². The van der Waals surface area contributed by atoms with E-state index in [-0.39, 0.29) is 19.1 Å². The van der Waals surface area contributed by atoms with E-state index in [4.69, 9.17) is 14.2 Å². The van der Waals surface area contributed by atoms with Crippen LogP contribution in [0.3, 0.4) is 0 Å². The van der Waals surface area contributed by atoms with Gasteiger partial charge in [-0.15, -0.1) is 0 Å². The molecule has 28 heavy (non-hydrogen) atoms. The number of hydrogen-bond acceptors (Lipinski definition) is 6. The SMILES string of the molecule is CN(C(=O)OC(C)(C)C)[C@@H]1CN(c2ccc(N3CCOCC3=O)cc2)C(=O)O1. The average Bonchev–Trinajstić information content (AvgIpc) is 3.02. The zero-order valence-corrected chi connectivity index (χ0v) is 16.5. The Kier molecular flexibility index (Phi) is 5.46. The molecule has 0 unspecified atom stereocenters. The number of likely N-dealkylation sites (N-methyl/N-ethyl adjacent to an activating group) is 1. The lowest BCUT2D eigenvalue weighted by Crippen LogP contribution is -2.42. The van der Waals surface area contributed by atoms with E-state index < -0.39 is 24.0 Å². The molecule has 0 saturated carbocycles. The van der Waals surface area contributed by atoms with Crippen LogP contribution in [-0.4, -0.2) is 68.2 Å². The molecule has 9 heteroatoms. The van der Waals surface area contributed by atoms with Gasteiger partial charge < -0.3 is 19.1 Å². The number of carbonyl (C=O) groups excluding carboxylic acids is 3. The van der Waals surface area contributed by atoms with Crippen LogP contribution in [0.2, 0.25) is 0 Å². The van der Waals surface area contributed by atoms with Crippen LogP contribution >= 0.6 is 0 Å². The number of morpholine rings is 1. The Morgan fingerprint density at radius 2 is 1.75 bits per heavy atom. The Labute approximate surface area is 163 Å². The number of carbonyl (C=O) groups is 3. The van der Waals surface area contributed by atoms with Gasteiger partial charge in [0.05, 0.1) is 13.2 Å². The minimum Gasteiger partial charge on any atom is -0.444 e. The van der Waals surface area contributed by atoms with Crippen molar-refractivity contribution in [2.75, 3.05) is 43.2 Å². The van der Waals surface area contributed by atoms with Crippen molar-refractivity contribution in [1.82, 2.24) is 4.90 Å². The van der Waals surface area contributed by atoms with Gasteiger partial charge in [0, 0.05) is 25.0 Å². The van der Waals surface area contributed by atoms with Crippen molar-refractivity contribution in [3.05, 3.63) is 24.3 Å². The molecule has 0 radical (unpaired) electrons. The molecule has 0 bridgehead atoms. The number of amides is 3. The lowest BCUT2D eigenvalue weighted by molar-refractivity contribution is -0.125. The largest absolute Gasteiger partial charge is 0.444 e. The zero-order chi connectivity index (χ0) is 20.5. The van der Waals surface area contributed by atoms with E-state index >= 15 is 0 Å². The number of ether oxygens (including phenoxy) is 3. The van der Waals surface area contributed by atoms with Crippen LogP contribution in [0, 0.1) is 0 Å². The summed E-state index contributed by atoms with van der Waals surface area (Å²) in [4.78, 5) is 40.8. The third kappa shape index (κ3) is 4.36. The molecule has 9 nitrogen and oxygen atoms in total. The lowest BCUT2D eigenvalue weighted by Gasteiger charge is -2.27. The summed E-state index contributed by atoms with van der Waals surface area (Å²) in [6, 6.07) is 7.04. The van der Waals surface area contributed by atoms with Gasteiger partial charge in [-0.25, -0.2) is 9.59 Å². The van der Waals surface area contributed by atoms with Gasteiger partial charge in [-0.3, -0.25) is 14.6 Å². The molecule has 2 aliphatic heterocycles. The molecule has 152 valence electrons. The fraction of sp³-hybridized carbons (Fsp3) is 0.526. The van der Waals surface area contributed by atoms with Crippen molar-refractivity contribution in [3.63, 3.8) is 0 Å². The molecular weight excluding hydrogens is 366 g/mol. The highest BCUT2D eigenvalue weighted by Crippen LogP contribution is 2.26. The third-order valence-corrected chi connectivity index (χ3v) is 4.37. The second-order valence-corrected chi connectivity index (χ2v) is 7.65. The molecule has 0 N–H and O–H groups in total. The predicted octanol–water partition coefficient (Wildman–Crippen LogP) is 2.20. The Morgan fingerprint density at radius 3 is 2.32 bits per heavy atom. The van der Waals surface area contributed by atoms with Crippen LogP contribution in [-0.2, 0) is 19.0 Å². The Hall–Kier alpha value is -2.81. The zero-order valence-electron chi connectivity index (χ0n) is 16.5. The summed E-state index contributed by atoms with van der Waals surface area (Å²) in [5.41, 5.74) is 0.724. The van der Waals surface area contributed by atoms with Gasteiger partial charge in [-0.05, 0) is 45.0 Å². The molecule has 2 fully saturated rings. The van der Waals surface area contributed by atoms with Crippen molar-refractivity contribution in [2.45, 2.75) is 32.6 Å². The van der Waals surface area contributed by atoms with Crippen LogP contribution < -0.4 is 9.80 Å². The third-order valence-electron chi connectivity index (χ3n) is 4.37. The summed E-state index contributed by atoms with van der Waals surface area (Å²) in [5, 5.41) is 0. The molecule has 0 aliphatic carbocycles. The fourth-order valence-electron chi connectivity index (χ4n) is 2.92. The molecule has 0 spiro atoms. The van der Waals surface area contributed by atoms with Gasteiger partial charge in [-0.1, -0.05) is 0 Å². The molecule has 1 aromatic carbocycles. The number of benzene rings is 1. The molecule has 3 rings (SSSR count). The van der Waals surface area contributed by atoms with E-state index in [2.05, 4.69) is 0 Å². The van der Waals surface area contributed by atoms with Crippen LogP contribution in [0.1, 0.15) is 20.8 Å². The van der Waals surface area contributed by atoms with E-state index in [1.54, 1.807) is 49.9 Å². The average molecular weight is 391 g/mol. The first-order valence-electron chi connectivity index (χ1n) is 9.08. The number of anilines is 2. The standard InChI is InChI=1S/C19H25N3O6/c1-19(2,3)28-17(24)20(4)16-11-22(18(25)27-16)14-7-5-13(6-8-14)21-9-10-26-12-15(21)23/h5-8,16H,9-12H2,1-4H3/t16-/m0/s1. The van der Waals surface area contributed by atoms with E-state index in [1.165, 1.54) is 16.8 Å². The molecule has 1 aromatic rings. The Bertz CT molecular complexity index is 758. The fourth-order valence-corrected chi connectivity index (χ4v) is 2.92. The number of hydrogen-bond donors (Lipinski definition) is 0. The first kappa shape index (κ1) is 19.9. The minimum atomic E-state index is -0.747. The second kappa shape index (κ2) is 7.67. The van der Waals surface area contributed by atoms with Crippen molar-refractivity contribution in [3.8, 4) is 0 Å². The van der Waals surface area contributed by atoms with Gasteiger partial charge in [0.15, 0.2) is 6.23 Å². The number of nitrogens with zero attached hydrogens (tertiary/aromatic N) is 3. The maximum atomic E-state index is 12.3. The van der Waals surface area contributed by atoms with Gasteiger partial charge in [-0.2, -0.15) is 0 Å². The van der Waals surface area contributed by atoms with E-state index in [9.17, 15) is 14.4 Å². The smallest absolute Gasteiger partial charge is 0.416 e. The van der Waals surface area contributed by atoms with E-state index in [1.807, 2.05) is 0 Å². The van der Waals surface area contributed by atoms with Gasteiger partial charge in [0.25, 0.3) is 5.91 Å². The highest BCUT2D eigenvalue weighted by molar-refractivity contribution is 5.95. The Morgan fingerprint density at radius 1 is 1.14 bits per heavy atom. The molecule has 2 heterocycles. The van der Waals surface area contributed by atoms with Gasteiger partial charge in [0.2, 0.25) is 0 Å². The summed E-state index contributed by atoms with van der Waals surface area (Å²) in [6.07, 6.45) is -1.85. The minimum absolute atomic E-state index is 0.0683. The van der Waals surface area contributed by atoms with Crippen LogP contribution in [0.15, 0.2) is 24.3 Å².